The average molecular weight is 410 g/mol. The monoisotopic (exact) mass is 410 g/mol. The van der Waals surface area contributed by atoms with Gasteiger partial charge in [-0.1, -0.05) is 18.2 Å². The molecule has 0 radical (unpaired) electrons. The summed E-state index contributed by atoms with van der Waals surface area (Å²) in [6.07, 6.45) is 0. The number of thiocarbonyl (C=S) groups is 1. The minimum absolute atomic E-state index is 0.200. The quantitative estimate of drug-likeness (QED) is 0.580. The third-order valence-corrected chi connectivity index (χ3v) is 3.93. The maximum atomic E-state index is 12.2. The Labute approximate surface area is 143 Å². The fraction of sp³-hybridized carbons (Fsp3) is 0.125. The van der Waals surface area contributed by atoms with E-state index in [4.69, 9.17) is 12.2 Å². The van der Waals surface area contributed by atoms with E-state index in [0.717, 1.165) is 20.4 Å². The highest BCUT2D eigenvalue weighted by molar-refractivity contribution is 14.1. The van der Waals surface area contributed by atoms with Gasteiger partial charge in [0.05, 0.1) is 0 Å². The molecule has 3 nitrogen and oxygen atoms in total. The highest BCUT2D eigenvalue weighted by Crippen LogP contribution is 2.17. The molecule has 0 fully saturated rings. The molecule has 0 aliphatic rings. The second-order valence-electron chi connectivity index (χ2n) is 4.68. The SMILES string of the molecule is Cc1cc(I)ccc1NC(=S)NC(=O)c1ccccc1C. The van der Waals surface area contributed by atoms with Gasteiger partial charge in [0.15, 0.2) is 5.11 Å². The Balaban J connectivity index is 2.05. The molecule has 21 heavy (non-hydrogen) atoms. The lowest BCUT2D eigenvalue weighted by Gasteiger charge is -2.12. The topological polar surface area (TPSA) is 41.1 Å². The van der Waals surface area contributed by atoms with E-state index in [1.807, 2.05) is 44.2 Å². The molecule has 108 valence electrons. The van der Waals surface area contributed by atoms with Crippen LogP contribution in [0.1, 0.15) is 21.5 Å². The van der Waals surface area contributed by atoms with E-state index in [-0.39, 0.29) is 5.91 Å². The van der Waals surface area contributed by atoms with Crippen molar-refractivity contribution in [2.75, 3.05) is 5.32 Å². The van der Waals surface area contributed by atoms with Gasteiger partial charge in [0.1, 0.15) is 0 Å². The molecule has 0 aromatic heterocycles. The Morgan fingerprint density at radius 1 is 1.10 bits per heavy atom. The number of aryl methyl sites for hydroxylation is 2. The first kappa shape index (κ1) is 15.9. The molecule has 2 aromatic carbocycles. The van der Waals surface area contributed by atoms with Gasteiger partial charge in [-0.2, -0.15) is 0 Å². The predicted molar refractivity (Wildman–Crippen MR) is 98.8 cm³/mol. The molecule has 0 unspecified atom stereocenters. The van der Waals surface area contributed by atoms with E-state index in [2.05, 4.69) is 39.3 Å². The lowest BCUT2D eigenvalue weighted by atomic mass is 10.1. The third kappa shape index (κ3) is 4.25. The zero-order valence-corrected chi connectivity index (χ0v) is 14.7. The fourth-order valence-electron chi connectivity index (χ4n) is 1.92. The smallest absolute Gasteiger partial charge is 0.257 e. The Morgan fingerprint density at radius 2 is 1.81 bits per heavy atom. The molecule has 1 amide bonds. The molecular weight excluding hydrogens is 395 g/mol. The molecule has 0 aliphatic carbocycles. The summed E-state index contributed by atoms with van der Waals surface area (Å²) in [5, 5.41) is 6.06. The van der Waals surface area contributed by atoms with Crippen LogP contribution in [-0.2, 0) is 0 Å². The van der Waals surface area contributed by atoms with Gasteiger partial charge in [-0.25, -0.2) is 0 Å². The number of rotatable bonds is 2. The van der Waals surface area contributed by atoms with Crippen LogP contribution in [0.2, 0.25) is 0 Å². The number of carbonyl (C=O) groups is 1. The van der Waals surface area contributed by atoms with Crippen LogP contribution in [0.3, 0.4) is 0 Å². The van der Waals surface area contributed by atoms with Crippen molar-refractivity contribution in [3.63, 3.8) is 0 Å². The first-order valence-corrected chi connectivity index (χ1v) is 7.90. The van der Waals surface area contributed by atoms with Crippen molar-refractivity contribution in [3.8, 4) is 0 Å². The van der Waals surface area contributed by atoms with Crippen molar-refractivity contribution in [3.05, 3.63) is 62.7 Å². The lowest BCUT2D eigenvalue weighted by Crippen LogP contribution is -2.34. The summed E-state index contributed by atoms with van der Waals surface area (Å²) in [7, 11) is 0. The summed E-state index contributed by atoms with van der Waals surface area (Å²) >= 11 is 7.46. The number of carbonyl (C=O) groups excluding carboxylic acids is 1. The Morgan fingerprint density at radius 3 is 2.48 bits per heavy atom. The van der Waals surface area contributed by atoms with Crippen LogP contribution in [0, 0.1) is 17.4 Å². The maximum Gasteiger partial charge on any atom is 0.257 e. The fourth-order valence-corrected chi connectivity index (χ4v) is 2.77. The number of nitrogens with one attached hydrogen (secondary N) is 2. The summed E-state index contributed by atoms with van der Waals surface area (Å²) in [6, 6.07) is 13.4. The number of halogens is 1. The van der Waals surface area contributed by atoms with Crippen LogP contribution in [-0.4, -0.2) is 11.0 Å². The highest BCUT2D eigenvalue weighted by Gasteiger charge is 2.10. The largest absolute Gasteiger partial charge is 0.332 e. The van der Waals surface area contributed by atoms with Gasteiger partial charge in [-0.15, -0.1) is 0 Å². The summed E-state index contributed by atoms with van der Waals surface area (Å²) in [6.45, 7) is 3.89. The zero-order chi connectivity index (χ0) is 15.4. The first-order valence-electron chi connectivity index (χ1n) is 6.41. The standard InChI is InChI=1S/C16H15IN2OS/c1-10-5-3-4-6-13(10)15(20)19-16(21)18-14-8-7-12(17)9-11(14)2/h3-9H,1-2H3,(H2,18,19,20,21). The molecule has 0 heterocycles. The number of hydrogen-bond acceptors (Lipinski definition) is 2. The van der Waals surface area contributed by atoms with Crippen LogP contribution in [0.5, 0.6) is 0 Å². The van der Waals surface area contributed by atoms with Gasteiger partial charge in [-0.05, 0) is 84.0 Å². The van der Waals surface area contributed by atoms with E-state index in [0.29, 0.717) is 10.7 Å². The average Bonchev–Trinajstić information content (AvgIpc) is 2.42. The molecule has 0 spiro atoms. The molecule has 0 saturated heterocycles. The predicted octanol–water partition coefficient (Wildman–Crippen LogP) is 4.03. The van der Waals surface area contributed by atoms with Crippen molar-refractivity contribution in [1.82, 2.24) is 5.32 Å². The second-order valence-corrected chi connectivity index (χ2v) is 6.34. The highest BCUT2D eigenvalue weighted by atomic mass is 127. The Hall–Kier alpha value is -1.47. The number of hydrogen-bond donors (Lipinski definition) is 2. The van der Waals surface area contributed by atoms with E-state index < -0.39 is 0 Å². The minimum atomic E-state index is -0.200. The summed E-state index contributed by atoms with van der Waals surface area (Å²) in [5.41, 5.74) is 3.52. The summed E-state index contributed by atoms with van der Waals surface area (Å²) < 4.78 is 1.16. The lowest BCUT2D eigenvalue weighted by molar-refractivity contribution is 0.0977. The van der Waals surface area contributed by atoms with Gasteiger partial charge in [0.2, 0.25) is 0 Å². The first-order chi connectivity index (χ1) is 9.97. The number of anilines is 1. The van der Waals surface area contributed by atoms with Gasteiger partial charge in [-0.3, -0.25) is 10.1 Å². The van der Waals surface area contributed by atoms with Crippen LogP contribution in [0.25, 0.3) is 0 Å². The van der Waals surface area contributed by atoms with Gasteiger partial charge < -0.3 is 5.32 Å². The van der Waals surface area contributed by atoms with Crippen molar-refractivity contribution in [2.24, 2.45) is 0 Å². The van der Waals surface area contributed by atoms with E-state index >= 15 is 0 Å². The maximum absolute atomic E-state index is 12.2. The van der Waals surface area contributed by atoms with Crippen molar-refractivity contribution < 1.29 is 4.79 Å². The zero-order valence-electron chi connectivity index (χ0n) is 11.7. The number of amides is 1. The van der Waals surface area contributed by atoms with Gasteiger partial charge >= 0.3 is 0 Å². The van der Waals surface area contributed by atoms with E-state index in [9.17, 15) is 4.79 Å². The van der Waals surface area contributed by atoms with Crippen molar-refractivity contribution in [2.45, 2.75) is 13.8 Å². The second kappa shape index (κ2) is 7.00. The van der Waals surface area contributed by atoms with Crippen molar-refractivity contribution in [1.29, 1.82) is 0 Å². The molecule has 2 N–H and O–H groups in total. The molecule has 2 aromatic rings. The van der Waals surface area contributed by atoms with Crippen LogP contribution in [0.15, 0.2) is 42.5 Å². The molecule has 2 rings (SSSR count). The molecule has 0 saturated carbocycles. The summed E-state index contributed by atoms with van der Waals surface area (Å²) in [4.78, 5) is 12.2. The van der Waals surface area contributed by atoms with Crippen LogP contribution >= 0.6 is 34.8 Å². The van der Waals surface area contributed by atoms with E-state index in [1.54, 1.807) is 6.07 Å². The molecule has 5 heteroatoms. The Kier molecular flexibility index (Phi) is 5.30. The third-order valence-electron chi connectivity index (χ3n) is 3.05. The summed E-state index contributed by atoms with van der Waals surface area (Å²) in [5.74, 6) is -0.200. The normalized spacial score (nSPS) is 10.0. The number of benzene rings is 2. The van der Waals surface area contributed by atoms with Crippen LogP contribution in [0.4, 0.5) is 5.69 Å². The molecule has 0 aliphatic heterocycles. The molecular formula is C16H15IN2OS. The van der Waals surface area contributed by atoms with E-state index in [1.165, 1.54) is 0 Å². The molecule has 0 atom stereocenters. The van der Waals surface area contributed by atoms with Gasteiger partial charge in [0.25, 0.3) is 5.91 Å². The Bertz CT molecular complexity index is 700. The van der Waals surface area contributed by atoms with Crippen LogP contribution < -0.4 is 10.6 Å². The van der Waals surface area contributed by atoms with Gasteiger partial charge in [0, 0.05) is 14.8 Å². The van der Waals surface area contributed by atoms with Crippen molar-refractivity contribution >= 4 is 51.5 Å². The molecule has 0 bridgehead atoms. The minimum Gasteiger partial charge on any atom is -0.332 e.